The highest BCUT2D eigenvalue weighted by Gasteiger charge is 2.15. The lowest BCUT2D eigenvalue weighted by molar-refractivity contribution is 0.0962. The van der Waals surface area contributed by atoms with Crippen molar-refractivity contribution in [1.82, 2.24) is 5.32 Å². The molecule has 1 rings (SSSR count). The molecule has 6 heteroatoms. The Labute approximate surface area is 107 Å². The molecule has 1 aromatic rings. The molecule has 0 bridgehead atoms. The Morgan fingerprint density at radius 2 is 2.00 bits per heavy atom. The van der Waals surface area contributed by atoms with Crippen molar-refractivity contribution in [3.63, 3.8) is 0 Å². The lowest BCUT2D eigenvalue weighted by Crippen LogP contribution is -2.19. The molecule has 3 N–H and O–H groups in total. The molecule has 5 nitrogen and oxygen atoms in total. The minimum Gasteiger partial charge on any atom is -0.505 e. The minimum atomic E-state index is -2.20. The molecule has 0 saturated heterocycles. The summed E-state index contributed by atoms with van der Waals surface area (Å²) in [5.41, 5.74) is 1.42. The fourth-order valence-corrected chi connectivity index (χ4v) is 2.05. The molecule has 0 aliphatic carbocycles. The van der Waals surface area contributed by atoms with Gasteiger partial charge in [-0.3, -0.25) is 4.79 Å². The number of hydrogen-bond donors (Lipinski definition) is 3. The minimum absolute atomic E-state index is 0.0181. The first kappa shape index (κ1) is 14.6. The zero-order chi connectivity index (χ0) is 13.9. The van der Waals surface area contributed by atoms with Crippen molar-refractivity contribution in [3.05, 3.63) is 23.3 Å². The standard InChI is InChI=1S/C12H19N2O3P/c1-8-9(12(16)13-2)5-6-10(11(8)15)14-7-18(3,4)17/h5-6,14-15H,7H2,1-4H3,(H,13,16). The SMILES string of the molecule is CNC(=O)c1ccc(NCP(C)(C)=O)c(O)c1C. The Morgan fingerprint density at radius 3 is 2.50 bits per heavy atom. The Hall–Kier alpha value is -1.48. The molecule has 1 amide bonds. The highest BCUT2D eigenvalue weighted by molar-refractivity contribution is 7.62. The highest BCUT2D eigenvalue weighted by atomic mass is 31.2. The molecule has 18 heavy (non-hydrogen) atoms. The summed E-state index contributed by atoms with van der Waals surface area (Å²) in [7, 11) is -0.667. The summed E-state index contributed by atoms with van der Waals surface area (Å²) in [5, 5.41) is 15.4. The summed E-state index contributed by atoms with van der Waals surface area (Å²) in [5.74, 6) is -0.226. The molecule has 1 aromatic carbocycles. The zero-order valence-electron chi connectivity index (χ0n) is 11.1. The third kappa shape index (κ3) is 3.50. The van der Waals surface area contributed by atoms with E-state index in [-0.39, 0.29) is 11.7 Å². The number of rotatable bonds is 4. The maximum absolute atomic E-state index is 11.6. The van der Waals surface area contributed by atoms with Crippen molar-refractivity contribution in [3.8, 4) is 5.75 Å². The monoisotopic (exact) mass is 270 g/mol. The molecule has 0 atom stereocenters. The number of amides is 1. The van der Waals surface area contributed by atoms with Gasteiger partial charge in [0.25, 0.3) is 5.91 Å². The molecule has 0 heterocycles. The molecular weight excluding hydrogens is 251 g/mol. The predicted molar refractivity (Wildman–Crippen MR) is 74.2 cm³/mol. The normalized spacial score (nSPS) is 11.1. The van der Waals surface area contributed by atoms with Crippen LogP contribution >= 0.6 is 7.14 Å². The van der Waals surface area contributed by atoms with Gasteiger partial charge in [-0.15, -0.1) is 0 Å². The summed E-state index contributed by atoms with van der Waals surface area (Å²) >= 11 is 0. The number of hydrogen-bond acceptors (Lipinski definition) is 4. The van der Waals surface area contributed by atoms with Crippen LogP contribution in [0.25, 0.3) is 0 Å². The fraction of sp³-hybridized carbons (Fsp3) is 0.417. The van der Waals surface area contributed by atoms with Crippen molar-refractivity contribution in [1.29, 1.82) is 0 Å². The first-order valence-corrected chi connectivity index (χ1v) is 8.37. The molecule has 0 radical (unpaired) electrons. The molecular formula is C12H19N2O3P. The van der Waals surface area contributed by atoms with E-state index in [1.807, 2.05) is 0 Å². The van der Waals surface area contributed by atoms with Crippen molar-refractivity contribution >= 4 is 18.7 Å². The van der Waals surface area contributed by atoms with Crippen LogP contribution < -0.4 is 10.6 Å². The van der Waals surface area contributed by atoms with E-state index in [0.29, 0.717) is 23.1 Å². The van der Waals surface area contributed by atoms with Gasteiger partial charge in [0, 0.05) is 18.2 Å². The van der Waals surface area contributed by atoms with Gasteiger partial charge in [-0.1, -0.05) is 0 Å². The van der Waals surface area contributed by atoms with E-state index in [1.54, 1.807) is 32.4 Å². The van der Waals surface area contributed by atoms with Gasteiger partial charge in [-0.25, -0.2) is 0 Å². The van der Waals surface area contributed by atoms with E-state index in [2.05, 4.69) is 10.6 Å². The number of carbonyl (C=O) groups excluding carboxylic acids is 1. The second-order valence-electron chi connectivity index (χ2n) is 4.62. The molecule has 0 aromatic heterocycles. The average Bonchev–Trinajstić information content (AvgIpc) is 2.29. The van der Waals surface area contributed by atoms with Crippen LogP contribution in [0.1, 0.15) is 15.9 Å². The van der Waals surface area contributed by atoms with Crippen LogP contribution in [0.15, 0.2) is 12.1 Å². The van der Waals surface area contributed by atoms with Gasteiger partial charge in [0.1, 0.15) is 5.75 Å². The molecule has 0 unspecified atom stereocenters. The molecule has 0 fully saturated rings. The lowest BCUT2D eigenvalue weighted by atomic mass is 10.1. The largest absolute Gasteiger partial charge is 0.505 e. The summed E-state index contributed by atoms with van der Waals surface area (Å²) in [4.78, 5) is 11.5. The van der Waals surface area contributed by atoms with Gasteiger partial charge in [0.2, 0.25) is 0 Å². The number of anilines is 1. The van der Waals surface area contributed by atoms with Crippen LogP contribution in [0.3, 0.4) is 0 Å². The van der Waals surface area contributed by atoms with Gasteiger partial charge in [-0.05, 0) is 32.4 Å². The summed E-state index contributed by atoms with van der Waals surface area (Å²) in [6, 6.07) is 3.25. The van der Waals surface area contributed by atoms with E-state index >= 15 is 0 Å². The van der Waals surface area contributed by atoms with Crippen molar-refractivity contribution < 1.29 is 14.5 Å². The quantitative estimate of drug-likeness (QED) is 0.578. The van der Waals surface area contributed by atoms with Crippen molar-refractivity contribution in [2.45, 2.75) is 6.92 Å². The van der Waals surface area contributed by atoms with Crippen LogP contribution in [-0.4, -0.2) is 37.7 Å². The van der Waals surface area contributed by atoms with Gasteiger partial charge in [0.15, 0.2) is 0 Å². The molecule has 100 valence electrons. The third-order valence-corrected chi connectivity index (χ3v) is 3.47. The smallest absolute Gasteiger partial charge is 0.251 e. The van der Waals surface area contributed by atoms with Crippen LogP contribution in [0.5, 0.6) is 5.75 Å². The molecule has 0 saturated carbocycles. The highest BCUT2D eigenvalue weighted by Crippen LogP contribution is 2.37. The van der Waals surface area contributed by atoms with Crippen molar-refractivity contribution in [2.75, 3.05) is 32.0 Å². The van der Waals surface area contributed by atoms with Crippen LogP contribution in [0.4, 0.5) is 5.69 Å². The Balaban J connectivity index is 3.01. The van der Waals surface area contributed by atoms with Crippen molar-refractivity contribution in [2.24, 2.45) is 0 Å². The average molecular weight is 270 g/mol. The number of phenolic OH excluding ortho intramolecular Hbond substituents is 1. The predicted octanol–water partition coefficient (Wildman–Crippen LogP) is 2.05. The molecule has 0 aliphatic heterocycles. The van der Waals surface area contributed by atoms with Gasteiger partial charge < -0.3 is 20.3 Å². The summed E-state index contributed by atoms with van der Waals surface area (Å²) in [6.07, 6.45) is 0.305. The number of nitrogens with one attached hydrogen (secondary N) is 2. The van der Waals surface area contributed by atoms with E-state index < -0.39 is 7.14 Å². The van der Waals surface area contributed by atoms with Crippen LogP contribution in [-0.2, 0) is 4.57 Å². The topological polar surface area (TPSA) is 78.4 Å². The molecule has 0 spiro atoms. The first-order chi connectivity index (χ1) is 8.26. The van der Waals surface area contributed by atoms with E-state index in [0.717, 1.165) is 0 Å². The van der Waals surface area contributed by atoms with Gasteiger partial charge in [-0.2, -0.15) is 0 Å². The second-order valence-corrected chi connectivity index (χ2v) is 8.09. The molecule has 0 aliphatic rings. The Bertz CT molecular complexity index is 508. The maximum atomic E-state index is 11.6. The maximum Gasteiger partial charge on any atom is 0.251 e. The zero-order valence-corrected chi connectivity index (χ0v) is 12.0. The summed E-state index contributed by atoms with van der Waals surface area (Å²) in [6.45, 7) is 5.01. The first-order valence-electron chi connectivity index (χ1n) is 5.59. The number of benzene rings is 1. The number of carbonyl (C=O) groups is 1. The van der Waals surface area contributed by atoms with E-state index in [9.17, 15) is 14.5 Å². The van der Waals surface area contributed by atoms with Gasteiger partial charge >= 0.3 is 0 Å². The third-order valence-electron chi connectivity index (χ3n) is 2.55. The van der Waals surface area contributed by atoms with E-state index in [4.69, 9.17) is 0 Å². The van der Waals surface area contributed by atoms with E-state index in [1.165, 1.54) is 7.05 Å². The Morgan fingerprint density at radius 1 is 1.39 bits per heavy atom. The van der Waals surface area contributed by atoms with Crippen LogP contribution in [0.2, 0.25) is 0 Å². The fourth-order valence-electron chi connectivity index (χ4n) is 1.50. The Kier molecular flexibility index (Phi) is 4.41. The lowest BCUT2D eigenvalue weighted by Gasteiger charge is -2.14. The van der Waals surface area contributed by atoms with Gasteiger partial charge in [0.05, 0.1) is 19.1 Å². The summed E-state index contributed by atoms with van der Waals surface area (Å²) < 4.78 is 11.6. The number of aromatic hydroxyl groups is 1. The number of phenols is 1. The second kappa shape index (κ2) is 5.44. The van der Waals surface area contributed by atoms with Crippen LogP contribution in [0, 0.1) is 6.92 Å².